The van der Waals surface area contributed by atoms with Gasteiger partial charge in [-0.05, 0) is 32.6 Å². The van der Waals surface area contributed by atoms with Gasteiger partial charge in [-0.1, -0.05) is 32.0 Å². The van der Waals surface area contributed by atoms with Gasteiger partial charge < -0.3 is 15.5 Å². The number of hydrogen-bond donors (Lipinski definition) is 1. The average molecular weight is 317 g/mol. The zero-order chi connectivity index (χ0) is 17.4. The van der Waals surface area contributed by atoms with E-state index in [0.717, 1.165) is 5.69 Å². The summed E-state index contributed by atoms with van der Waals surface area (Å²) in [4.78, 5) is 28.9. The minimum atomic E-state index is -0.316. The summed E-state index contributed by atoms with van der Waals surface area (Å²) < 4.78 is 0. The van der Waals surface area contributed by atoms with Gasteiger partial charge in [0.1, 0.15) is 5.57 Å². The highest BCUT2D eigenvalue weighted by Crippen LogP contribution is 2.19. The van der Waals surface area contributed by atoms with Crippen LogP contribution >= 0.6 is 0 Å². The summed E-state index contributed by atoms with van der Waals surface area (Å²) in [5.74, 6) is -0.524. The molecule has 0 radical (unpaired) electrons. The maximum atomic E-state index is 13.0. The van der Waals surface area contributed by atoms with Gasteiger partial charge in [-0.2, -0.15) is 0 Å². The Hall–Kier alpha value is -2.14. The van der Waals surface area contributed by atoms with Gasteiger partial charge >= 0.3 is 0 Å². The molecule has 1 aromatic carbocycles. The van der Waals surface area contributed by atoms with Crippen LogP contribution in [0.2, 0.25) is 0 Å². The SMILES string of the molecule is CCC(=O)/C(C(=O)N(CCN(C)C)c1ccccc1)=C(/N)CC. The zero-order valence-corrected chi connectivity index (χ0v) is 14.5. The molecule has 0 saturated heterocycles. The van der Waals surface area contributed by atoms with Crippen LogP contribution in [0, 0.1) is 0 Å². The van der Waals surface area contributed by atoms with Crippen LogP contribution in [-0.4, -0.2) is 43.8 Å². The number of allylic oxidation sites excluding steroid dienone is 1. The highest BCUT2D eigenvalue weighted by Gasteiger charge is 2.26. The molecule has 0 aromatic heterocycles. The van der Waals surface area contributed by atoms with Gasteiger partial charge in [0, 0.05) is 30.9 Å². The van der Waals surface area contributed by atoms with E-state index >= 15 is 0 Å². The molecule has 1 rings (SSSR count). The third-order valence-corrected chi connectivity index (χ3v) is 3.60. The van der Waals surface area contributed by atoms with E-state index in [0.29, 0.717) is 25.2 Å². The summed E-state index contributed by atoms with van der Waals surface area (Å²) in [7, 11) is 3.89. The lowest BCUT2D eigenvalue weighted by molar-refractivity contribution is -0.121. The number of Topliss-reactive ketones (excluding diaryl/α,β-unsaturated/α-hetero) is 1. The van der Waals surface area contributed by atoms with Crippen molar-refractivity contribution in [2.75, 3.05) is 32.1 Å². The van der Waals surface area contributed by atoms with Crippen molar-refractivity contribution < 1.29 is 9.59 Å². The zero-order valence-electron chi connectivity index (χ0n) is 14.5. The number of para-hydroxylation sites is 1. The molecule has 0 aliphatic rings. The third kappa shape index (κ3) is 5.21. The summed E-state index contributed by atoms with van der Waals surface area (Å²) in [6.07, 6.45) is 0.737. The second kappa shape index (κ2) is 9.10. The maximum absolute atomic E-state index is 13.0. The summed E-state index contributed by atoms with van der Waals surface area (Å²) in [5.41, 5.74) is 7.21. The Morgan fingerprint density at radius 2 is 1.61 bits per heavy atom. The summed E-state index contributed by atoms with van der Waals surface area (Å²) in [5, 5.41) is 0. The fourth-order valence-electron chi connectivity index (χ4n) is 2.18. The molecule has 5 heteroatoms. The number of carbonyl (C=O) groups is 2. The second-order valence-electron chi connectivity index (χ2n) is 5.63. The number of nitrogens with two attached hydrogens (primary N) is 1. The van der Waals surface area contributed by atoms with Gasteiger partial charge in [0.2, 0.25) is 0 Å². The van der Waals surface area contributed by atoms with Crippen LogP contribution < -0.4 is 10.6 Å². The molecule has 0 heterocycles. The quantitative estimate of drug-likeness (QED) is 0.453. The van der Waals surface area contributed by atoms with E-state index in [4.69, 9.17) is 5.73 Å². The number of likely N-dealkylation sites (N-methyl/N-ethyl adjacent to an activating group) is 1. The Morgan fingerprint density at radius 3 is 2.09 bits per heavy atom. The molecule has 2 N–H and O–H groups in total. The van der Waals surface area contributed by atoms with E-state index in [2.05, 4.69) is 0 Å². The van der Waals surface area contributed by atoms with Crippen LogP contribution in [0.4, 0.5) is 5.69 Å². The van der Waals surface area contributed by atoms with Crippen LogP contribution in [-0.2, 0) is 9.59 Å². The lowest BCUT2D eigenvalue weighted by Gasteiger charge is -2.26. The largest absolute Gasteiger partial charge is 0.401 e. The van der Waals surface area contributed by atoms with Crippen molar-refractivity contribution in [1.29, 1.82) is 0 Å². The van der Waals surface area contributed by atoms with Crippen LogP contribution in [0.5, 0.6) is 0 Å². The molecule has 1 amide bonds. The van der Waals surface area contributed by atoms with Gasteiger partial charge in [-0.3, -0.25) is 9.59 Å². The Kier molecular flexibility index (Phi) is 7.48. The molecule has 0 bridgehead atoms. The van der Waals surface area contributed by atoms with E-state index in [9.17, 15) is 9.59 Å². The van der Waals surface area contributed by atoms with Gasteiger partial charge in [0.25, 0.3) is 5.91 Å². The number of ketones is 1. The molecule has 5 nitrogen and oxygen atoms in total. The van der Waals surface area contributed by atoms with E-state index in [1.165, 1.54) is 0 Å². The van der Waals surface area contributed by atoms with Crippen molar-refractivity contribution in [2.45, 2.75) is 26.7 Å². The van der Waals surface area contributed by atoms with Crippen molar-refractivity contribution in [3.8, 4) is 0 Å². The van der Waals surface area contributed by atoms with Gasteiger partial charge in [-0.15, -0.1) is 0 Å². The topological polar surface area (TPSA) is 66.6 Å². The van der Waals surface area contributed by atoms with E-state index in [-0.39, 0.29) is 23.7 Å². The van der Waals surface area contributed by atoms with Crippen LogP contribution in [0.15, 0.2) is 41.6 Å². The molecule has 23 heavy (non-hydrogen) atoms. The van der Waals surface area contributed by atoms with Crippen LogP contribution in [0.1, 0.15) is 26.7 Å². The normalized spacial score (nSPS) is 12.0. The molecule has 1 aromatic rings. The van der Waals surface area contributed by atoms with Crippen molar-refractivity contribution in [3.63, 3.8) is 0 Å². The van der Waals surface area contributed by atoms with Crippen molar-refractivity contribution >= 4 is 17.4 Å². The Labute approximate surface area is 138 Å². The van der Waals surface area contributed by atoms with Gasteiger partial charge in [0.15, 0.2) is 5.78 Å². The first-order valence-corrected chi connectivity index (χ1v) is 7.95. The summed E-state index contributed by atoms with van der Waals surface area (Å²) in [6, 6.07) is 9.37. The number of rotatable bonds is 8. The number of carbonyl (C=O) groups excluding carboxylic acids is 2. The molecule has 0 atom stereocenters. The van der Waals surface area contributed by atoms with E-state index < -0.39 is 0 Å². The number of amides is 1. The number of benzene rings is 1. The monoisotopic (exact) mass is 317 g/mol. The highest BCUT2D eigenvalue weighted by molar-refractivity contribution is 6.24. The van der Waals surface area contributed by atoms with Crippen molar-refractivity contribution in [2.24, 2.45) is 5.73 Å². The minimum Gasteiger partial charge on any atom is -0.401 e. The molecule has 0 saturated carbocycles. The Balaban J connectivity index is 3.23. The first-order chi connectivity index (χ1) is 10.9. The molecule has 126 valence electrons. The van der Waals surface area contributed by atoms with Gasteiger partial charge in [0.05, 0.1) is 0 Å². The fourth-order valence-corrected chi connectivity index (χ4v) is 2.18. The predicted molar refractivity (Wildman–Crippen MR) is 94.2 cm³/mol. The standard InChI is InChI=1S/C18H27N3O2/c1-5-15(19)17(16(22)6-2)18(23)21(13-12-20(3)4)14-10-8-7-9-11-14/h7-11H,5-6,12-13,19H2,1-4H3/b17-15-. The van der Waals surface area contributed by atoms with Crippen molar-refractivity contribution in [1.82, 2.24) is 4.90 Å². The highest BCUT2D eigenvalue weighted by atomic mass is 16.2. The van der Waals surface area contributed by atoms with E-state index in [1.807, 2.05) is 56.3 Å². The lowest BCUT2D eigenvalue weighted by atomic mass is 10.0. The average Bonchev–Trinajstić information content (AvgIpc) is 2.55. The molecule has 0 fully saturated rings. The maximum Gasteiger partial charge on any atom is 0.263 e. The number of nitrogens with zero attached hydrogens (tertiary/aromatic N) is 2. The predicted octanol–water partition coefficient (Wildman–Crippen LogP) is 2.18. The smallest absolute Gasteiger partial charge is 0.263 e. The Bertz CT molecular complexity index is 565. The van der Waals surface area contributed by atoms with E-state index in [1.54, 1.807) is 11.8 Å². The fraction of sp³-hybridized carbons (Fsp3) is 0.444. The summed E-state index contributed by atoms with van der Waals surface area (Å²) >= 11 is 0. The van der Waals surface area contributed by atoms with Crippen LogP contribution in [0.3, 0.4) is 0 Å². The first kappa shape index (κ1) is 18.9. The van der Waals surface area contributed by atoms with Gasteiger partial charge in [-0.25, -0.2) is 0 Å². The molecular weight excluding hydrogens is 290 g/mol. The van der Waals surface area contributed by atoms with Crippen molar-refractivity contribution in [3.05, 3.63) is 41.6 Å². The molecule has 0 spiro atoms. The third-order valence-electron chi connectivity index (χ3n) is 3.60. The first-order valence-electron chi connectivity index (χ1n) is 7.95. The molecule has 0 aliphatic carbocycles. The second-order valence-corrected chi connectivity index (χ2v) is 5.63. The number of hydrogen-bond acceptors (Lipinski definition) is 4. The molecule has 0 aliphatic heterocycles. The van der Waals surface area contributed by atoms with Crippen LogP contribution in [0.25, 0.3) is 0 Å². The summed E-state index contributed by atoms with van der Waals surface area (Å²) in [6.45, 7) is 4.77. The lowest BCUT2D eigenvalue weighted by Crippen LogP contribution is -2.40. The minimum absolute atomic E-state index is 0.123. The molecular formula is C18H27N3O2. The number of anilines is 1. The Morgan fingerprint density at radius 1 is 1.00 bits per heavy atom. The molecule has 0 unspecified atom stereocenters.